The number of fused-ring (bicyclic) bond motifs is 1. The highest BCUT2D eigenvalue weighted by Crippen LogP contribution is 2.30. The second-order valence-corrected chi connectivity index (χ2v) is 8.62. The van der Waals surface area contributed by atoms with Crippen LogP contribution in [0.3, 0.4) is 0 Å². The minimum Gasteiger partial charge on any atom is -0.394 e. The van der Waals surface area contributed by atoms with Gasteiger partial charge in [-0.15, -0.1) is 0 Å². The molecule has 0 bridgehead atoms. The second kappa shape index (κ2) is 8.42. The van der Waals surface area contributed by atoms with Gasteiger partial charge in [-0.2, -0.15) is 10.2 Å². The topological polar surface area (TPSA) is 88.7 Å². The van der Waals surface area contributed by atoms with Gasteiger partial charge in [-0.05, 0) is 63.0 Å². The summed E-state index contributed by atoms with van der Waals surface area (Å²) in [6, 6.07) is 13.0. The highest BCUT2D eigenvalue weighted by Gasteiger charge is 2.17. The smallest absolute Gasteiger partial charge is 0.251 e. The van der Waals surface area contributed by atoms with E-state index >= 15 is 0 Å². The Morgan fingerprint density at radius 1 is 1.12 bits per heavy atom. The number of aromatic nitrogens is 5. The molecule has 0 aliphatic rings. The standard InChI is InChI=1S/C24H19BrFN5O2/c1-30-12-17(11-27-30)24-18-8-14(3-5-21(18)28-29-24)15-6-7-31(23(33)10-15)22(13-32)16-2-4-20(26)19(25)9-16/h2-12,22,32H,13H2,1H3,(H,28,29). The van der Waals surface area contributed by atoms with Crippen LogP contribution in [0.2, 0.25) is 0 Å². The number of aliphatic hydroxyl groups excluding tert-OH is 1. The van der Waals surface area contributed by atoms with E-state index in [-0.39, 0.29) is 16.6 Å². The fraction of sp³-hybridized carbons (Fsp3) is 0.125. The van der Waals surface area contributed by atoms with Crippen LogP contribution in [-0.2, 0) is 7.05 Å². The number of hydrogen-bond donors (Lipinski definition) is 2. The summed E-state index contributed by atoms with van der Waals surface area (Å²) in [5, 5.41) is 22.6. The zero-order chi connectivity index (χ0) is 23.1. The van der Waals surface area contributed by atoms with Crippen LogP contribution in [0.25, 0.3) is 33.3 Å². The van der Waals surface area contributed by atoms with Crippen molar-refractivity contribution >= 4 is 26.8 Å². The number of H-pyrrole nitrogens is 1. The molecule has 0 radical (unpaired) electrons. The van der Waals surface area contributed by atoms with Gasteiger partial charge < -0.3 is 9.67 Å². The van der Waals surface area contributed by atoms with Crippen molar-refractivity contribution in [2.24, 2.45) is 7.05 Å². The molecule has 0 saturated heterocycles. The molecule has 0 aliphatic carbocycles. The lowest BCUT2D eigenvalue weighted by molar-refractivity contribution is 0.247. The fourth-order valence-electron chi connectivity index (χ4n) is 3.96. The number of rotatable bonds is 5. The molecule has 166 valence electrons. The van der Waals surface area contributed by atoms with Crippen molar-refractivity contribution in [1.82, 2.24) is 24.5 Å². The Morgan fingerprint density at radius 3 is 2.64 bits per heavy atom. The van der Waals surface area contributed by atoms with Crippen LogP contribution < -0.4 is 5.56 Å². The van der Waals surface area contributed by atoms with E-state index in [9.17, 15) is 14.3 Å². The van der Waals surface area contributed by atoms with Crippen LogP contribution in [0.4, 0.5) is 4.39 Å². The van der Waals surface area contributed by atoms with E-state index in [0.717, 1.165) is 33.3 Å². The maximum Gasteiger partial charge on any atom is 0.251 e. The summed E-state index contributed by atoms with van der Waals surface area (Å²) in [7, 11) is 1.85. The first kappa shape index (κ1) is 21.3. The molecule has 9 heteroatoms. The summed E-state index contributed by atoms with van der Waals surface area (Å²) in [6.07, 6.45) is 5.30. The lowest BCUT2D eigenvalue weighted by Crippen LogP contribution is -2.26. The van der Waals surface area contributed by atoms with E-state index in [4.69, 9.17) is 0 Å². The SMILES string of the molecule is Cn1cc(-c2n[nH]c3ccc(-c4ccn(C(CO)c5ccc(F)c(Br)c5)c(=O)c4)cc23)cn1. The van der Waals surface area contributed by atoms with E-state index in [2.05, 4.69) is 31.2 Å². The molecule has 1 atom stereocenters. The summed E-state index contributed by atoms with van der Waals surface area (Å²) in [6.45, 7) is -0.299. The lowest BCUT2D eigenvalue weighted by Gasteiger charge is -2.19. The van der Waals surface area contributed by atoms with Crippen molar-refractivity contribution in [2.75, 3.05) is 6.61 Å². The molecule has 0 saturated carbocycles. The van der Waals surface area contributed by atoms with Crippen molar-refractivity contribution in [3.05, 3.63) is 93.3 Å². The van der Waals surface area contributed by atoms with Crippen molar-refractivity contribution in [2.45, 2.75) is 6.04 Å². The summed E-state index contributed by atoms with van der Waals surface area (Å²) < 4.78 is 17.1. The monoisotopic (exact) mass is 507 g/mol. The number of nitrogens with one attached hydrogen (secondary N) is 1. The zero-order valence-corrected chi connectivity index (χ0v) is 19.1. The Labute approximate surface area is 196 Å². The van der Waals surface area contributed by atoms with Gasteiger partial charge in [-0.25, -0.2) is 4.39 Å². The van der Waals surface area contributed by atoms with Gasteiger partial charge in [0.1, 0.15) is 11.5 Å². The van der Waals surface area contributed by atoms with Gasteiger partial charge in [0.25, 0.3) is 5.56 Å². The average Bonchev–Trinajstić information content (AvgIpc) is 3.43. The molecule has 0 amide bonds. The molecule has 3 heterocycles. The molecule has 5 aromatic rings. The Kier molecular flexibility index (Phi) is 5.43. The minimum absolute atomic E-state index is 0.272. The first-order valence-electron chi connectivity index (χ1n) is 10.2. The van der Waals surface area contributed by atoms with Crippen LogP contribution in [0.15, 0.2) is 76.4 Å². The van der Waals surface area contributed by atoms with Crippen LogP contribution in [0, 0.1) is 5.82 Å². The van der Waals surface area contributed by atoms with E-state index in [1.54, 1.807) is 29.2 Å². The highest BCUT2D eigenvalue weighted by molar-refractivity contribution is 9.10. The predicted octanol–water partition coefficient (Wildman–Crippen LogP) is 4.28. The third kappa shape index (κ3) is 3.90. The molecule has 1 unspecified atom stereocenters. The fourth-order valence-corrected chi connectivity index (χ4v) is 4.35. The van der Waals surface area contributed by atoms with Crippen LogP contribution in [-0.4, -0.2) is 36.3 Å². The molecule has 0 aliphatic heterocycles. The van der Waals surface area contributed by atoms with E-state index < -0.39 is 11.9 Å². The molecule has 3 aromatic heterocycles. The summed E-state index contributed by atoms with van der Waals surface area (Å²) in [5.74, 6) is -0.404. The van der Waals surface area contributed by atoms with Crippen LogP contribution in [0.1, 0.15) is 11.6 Å². The Hall–Kier alpha value is -3.56. The van der Waals surface area contributed by atoms with Gasteiger partial charge in [0.05, 0.1) is 28.8 Å². The number of aliphatic hydroxyl groups is 1. The van der Waals surface area contributed by atoms with Gasteiger partial charge in [-0.1, -0.05) is 12.1 Å². The van der Waals surface area contributed by atoms with Crippen molar-refractivity contribution in [3.63, 3.8) is 0 Å². The maximum absolute atomic E-state index is 13.6. The molecule has 33 heavy (non-hydrogen) atoms. The molecule has 2 N–H and O–H groups in total. The van der Waals surface area contributed by atoms with Gasteiger partial charge in [0, 0.05) is 36.5 Å². The maximum atomic E-state index is 13.6. The number of halogens is 2. The minimum atomic E-state index is -0.628. The molecular formula is C24H19BrFN5O2. The van der Waals surface area contributed by atoms with Gasteiger partial charge in [-0.3, -0.25) is 14.6 Å². The third-order valence-electron chi connectivity index (χ3n) is 5.66. The number of hydrogen-bond acceptors (Lipinski definition) is 4. The molecular weight excluding hydrogens is 489 g/mol. The van der Waals surface area contributed by atoms with Gasteiger partial charge in [0.15, 0.2) is 0 Å². The normalized spacial score (nSPS) is 12.4. The van der Waals surface area contributed by atoms with Crippen LogP contribution >= 0.6 is 15.9 Å². The quantitative estimate of drug-likeness (QED) is 0.371. The molecule has 7 nitrogen and oxygen atoms in total. The van der Waals surface area contributed by atoms with E-state index in [1.165, 1.54) is 16.7 Å². The highest BCUT2D eigenvalue weighted by atomic mass is 79.9. The average molecular weight is 508 g/mol. The predicted molar refractivity (Wildman–Crippen MR) is 127 cm³/mol. The van der Waals surface area contributed by atoms with Gasteiger partial charge >= 0.3 is 0 Å². The molecule has 5 rings (SSSR count). The van der Waals surface area contributed by atoms with Crippen molar-refractivity contribution in [1.29, 1.82) is 0 Å². The zero-order valence-electron chi connectivity index (χ0n) is 17.5. The largest absolute Gasteiger partial charge is 0.394 e. The number of aromatic amines is 1. The third-order valence-corrected chi connectivity index (χ3v) is 6.27. The first-order valence-corrected chi connectivity index (χ1v) is 11.0. The molecule has 0 fully saturated rings. The van der Waals surface area contributed by atoms with E-state index in [1.807, 2.05) is 37.5 Å². The number of nitrogens with zero attached hydrogens (tertiary/aromatic N) is 4. The second-order valence-electron chi connectivity index (χ2n) is 7.77. The summed E-state index contributed by atoms with van der Waals surface area (Å²) >= 11 is 3.16. The Balaban J connectivity index is 1.53. The number of benzene rings is 2. The number of aryl methyl sites for hydroxylation is 1. The molecule has 0 spiro atoms. The number of pyridine rings is 1. The summed E-state index contributed by atoms with van der Waals surface area (Å²) in [5.41, 5.74) is 4.53. The van der Waals surface area contributed by atoms with Gasteiger partial charge in [0.2, 0.25) is 0 Å². The van der Waals surface area contributed by atoms with Crippen molar-refractivity contribution in [3.8, 4) is 22.4 Å². The Morgan fingerprint density at radius 2 is 1.94 bits per heavy atom. The van der Waals surface area contributed by atoms with Crippen LogP contribution in [0.5, 0.6) is 0 Å². The molecule has 2 aromatic carbocycles. The Bertz CT molecular complexity index is 1540. The lowest BCUT2D eigenvalue weighted by atomic mass is 10.0. The first-order chi connectivity index (χ1) is 15.9. The summed E-state index contributed by atoms with van der Waals surface area (Å²) in [4.78, 5) is 13.0. The van der Waals surface area contributed by atoms with E-state index in [0.29, 0.717) is 5.56 Å². The van der Waals surface area contributed by atoms with Crippen molar-refractivity contribution < 1.29 is 9.50 Å².